The van der Waals surface area contributed by atoms with Crippen molar-refractivity contribution in [2.24, 2.45) is 0 Å². The fourth-order valence-corrected chi connectivity index (χ4v) is 2.75. The number of nitrogens with one attached hydrogen (secondary N) is 1. The van der Waals surface area contributed by atoms with Crippen LogP contribution in [0.15, 0.2) is 18.2 Å². The number of hydrogen-bond acceptors (Lipinski definition) is 5. The van der Waals surface area contributed by atoms with E-state index in [9.17, 15) is 18.0 Å². The van der Waals surface area contributed by atoms with Gasteiger partial charge in [-0.25, -0.2) is 4.79 Å². The second kappa shape index (κ2) is 6.27. The Morgan fingerprint density at radius 3 is 2.87 bits per heavy atom. The average molecular weight is 331 g/mol. The number of ether oxygens (including phenoxy) is 3. The number of benzene rings is 1. The smallest absolute Gasteiger partial charge is 0.390 e. The molecule has 1 aromatic carbocycles. The van der Waals surface area contributed by atoms with Gasteiger partial charge in [0.1, 0.15) is 6.10 Å². The summed E-state index contributed by atoms with van der Waals surface area (Å²) in [6, 6.07) is 3.94. The molecule has 3 rings (SSSR count). The summed E-state index contributed by atoms with van der Waals surface area (Å²) in [5.74, 6) is 0.439. The standard InChI is InChI=1S/C15H16F3NO4/c16-15(17,18)7-10-6-11(3-4-19-10)23-14(20)9-1-2-12-13(5-9)22-8-21-12/h1-2,5,10-11,19H,3-4,6-8H2. The number of fused-ring (bicyclic) bond motifs is 1. The zero-order valence-corrected chi connectivity index (χ0v) is 12.2. The van der Waals surface area contributed by atoms with E-state index < -0.39 is 30.7 Å². The summed E-state index contributed by atoms with van der Waals surface area (Å²) in [5, 5.41) is 2.80. The first-order valence-corrected chi connectivity index (χ1v) is 7.31. The summed E-state index contributed by atoms with van der Waals surface area (Å²) in [4.78, 5) is 12.1. The van der Waals surface area contributed by atoms with Gasteiger partial charge < -0.3 is 19.5 Å². The zero-order chi connectivity index (χ0) is 16.4. The highest BCUT2D eigenvalue weighted by Gasteiger charge is 2.35. The van der Waals surface area contributed by atoms with E-state index in [1.54, 1.807) is 12.1 Å². The van der Waals surface area contributed by atoms with Gasteiger partial charge in [0.2, 0.25) is 6.79 Å². The van der Waals surface area contributed by atoms with Crippen LogP contribution in [0, 0.1) is 0 Å². The van der Waals surface area contributed by atoms with Crippen LogP contribution in [-0.4, -0.2) is 37.6 Å². The van der Waals surface area contributed by atoms with Crippen molar-refractivity contribution in [1.82, 2.24) is 5.32 Å². The molecule has 0 amide bonds. The van der Waals surface area contributed by atoms with Crippen molar-refractivity contribution in [3.8, 4) is 11.5 Å². The molecule has 0 aromatic heterocycles. The Balaban J connectivity index is 1.59. The molecule has 1 N–H and O–H groups in total. The van der Waals surface area contributed by atoms with Gasteiger partial charge in [0.05, 0.1) is 12.0 Å². The summed E-state index contributed by atoms with van der Waals surface area (Å²) < 4.78 is 53.0. The largest absolute Gasteiger partial charge is 0.459 e. The van der Waals surface area contributed by atoms with Gasteiger partial charge in [-0.2, -0.15) is 13.2 Å². The lowest BCUT2D eigenvalue weighted by molar-refractivity contribution is -0.142. The summed E-state index contributed by atoms with van der Waals surface area (Å²) in [6.07, 6.45) is -5.05. The Morgan fingerprint density at radius 2 is 2.09 bits per heavy atom. The van der Waals surface area contributed by atoms with E-state index in [1.807, 2.05) is 0 Å². The summed E-state index contributed by atoms with van der Waals surface area (Å²) in [5.41, 5.74) is 0.292. The van der Waals surface area contributed by atoms with E-state index in [1.165, 1.54) is 6.07 Å². The van der Waals surface area contributed by atoms with Crippen molar-refractivity contribution in [3.63, 3.8) is 0 Å². The molecule has 1 saturated heterocycles. The third kappa shape index (κ3) is 4.07. The summed E-state index contributed by atoms with van der Waals surface area (Å²) in [7, 11) is 0. The zero-order valence-electron chi connectivity index (χ0n) is 12.2. The Morgan fingerprint density at radius 1 is 1.30 bits per heavy atom. The molecule has 2 unspecified atom stereocenters. The van der Waals surface area contributed by atoms with E-state index in [-0.39, 0.29) is 13.2 Å². The third-order valence-electron chi connectivity index (χ3n) is 3.81. The molecule has 0 spiro atoms. The van der Waals surface area contributed by atoms with Gasteiger partial charge in [0, 0.05) is 12.5 Å². The van der Waals surface area contributed by atoms with Crippen LogP contribution in [0.25, 0.3) is 0 Å². The van der Waals surface area contributed by atoms with Crippen LogP contribution in [0.2, 0.25) is 0 Å². The Kier molecular flexibility index (Phi) is 4.34. The fraction of sp³-hybridized carbons (Fsp3) is 0.533. The second-order valence-corrected chi connectivity index (χ2v) is 5.59. The lowest BCUT2D eigenvalue weighted by Gasteiger charge is -2.30. The van der Waals surface area contributed by atoms with Crippen LogP contribution in [0.3, 0.4) is 0 Å². The predicted octanol–water partition coefficient (Wildman–Crippen LogP) is 2.65. The van der Waals surface area contributed by atoms with Crippen LogP contribution in [0.1, 0.15) is 29.6 Å². The summed E-state index contributed by atoms with van der Waals surface area (Å²) >= 11 is 0. The Hall–Kier alpha value is -1.96. The van der Waals surface area contributed by atoms with Crippen molar-refractivity contribution in [1.29, 1.82) is 0 Å². The Labute approximate surface area is 130 Å². The monoisotopic (exact) mass is 331 g/mol. The molecular formula is C15H16F3NO4. The number of rotatable bonds is 3. The van der Waals surface area contributed by atoms with Crippen molar-refractivity contribution >= 4 is 5.97 Å². The molecule has 0 saturated carbocycles. The van der Waals surface area contributed by atoms with Gasteiger partial charge in [0.15, 0.2) is 11.5 Å². The maximum atomic E-state index is 12.4. The van der Waals surface area contributed by atoms with Crippen LogP contribution in [-0.2, 0) is 4.74 Å². The molecule has 126 valence electrons. The molecule has 1 aromatic rings. The molecule has 1 fully saturated rings. The number of esters is 1. The van der Waals surface area contributed by atoms with Crippen LogP contribution >= 0.6 is 0 Å². The van der Waals surface area contributed by atoms with Crippen molar-refractivity contribution < 1.29 is 32.2 Å². The molecular weight excluding hydrogens is 315 g/mol. The lowest BCUT2D eigenvalue weighted by Crippen LogP contribution is -2.44. The lowest BCUT2D eigenvalue weighted by atomic mass is 9.99. The van der Waals surface area contributed by atoms with E-state index in [2.05, 4.69) is 5.32 Å². The number of carbonyl (C=O) groups is 1. The molecule has 5 nitrogen and oxygen atoms in total. The van der Waals surface area contributed by atoms with Gasteiger partial charge in [0.25, 0.3) is 0 Å². The minimum Gasteiger partial charge on any atom is -0.459 e. The van der Waals surface area contributed by atoms with E-state index in [0.717, 1.165) is 0 Å². The second-order valence-electron chi connectivity index (χ2n) is 5.59. The molecule has 2 heterocycles. The van der Waals surface area contributed by atoms with E-state index in [0.29, 0.717) is 30.0 Å². The first kappa shape index (κ1) is 15.9. The molecule has 8 heteroatoms. The molecule has 0 bridgehead atoms. The SMILES string of the molecule is O=C(OC1CCNC(CC(F)(F)F)C1)c1ccc2c(c1)OCO2. The predicted molar refractivity (Wildman–Crippen MR) is 73.5 cm³/mol. The molecule has 23 heavy (non-hydrogen) atoms. The van der Waals surface area contributed by atoms with Gasteiger partial charge in [-0.3, -0.25) is 0 Å². The third-order valence-corrected chi connectivity index (χ3v) is 3.81. The fourth-order valence-electron chi connectivity index (χ4n) is 2.75. The summed E-state index contributed by atoms with van der Waals surface area (Å²) in [6.45, 7) is 0.487. The normalized spacial score (nSPS) is 23.6. The topological polar surface area (TPSA) is 56.8 Å². The molecule has 2 atom stereocenters. The van der Waals surface area contributed by atoms with Crippen LogP contribution in [0.4, 0.5) is 13.2 Å². The minimum absolute atomic E-state index is 0.0985. The highest BCUT2D eigenvalue weighted by atomic mass is 19.4. The average Bonchev–Trinajstić information content (AvgIpc) is 2.93. The number of halogens is 3. The van der Waals surface area contributed by atoms with Crippen molar-refractivity contribution in [2.45, 2.75) is 37.6 Å². The van der Waals surface area contributed by atoms with E-state index >= 15 is 0 Å². The van der Waals surface area contributed by atoms with Crippen molar-refractivity contribution in [2.75, 3.05) is 13.3 Å². The number of alkyl halides is 3. The van der Waals surface area contributed by atoms with Crippen LogP contribution in [0.5, 0.6) is 11.5 Å². The first-order valence-electron chi connectivity index (χ1n) is 7.31. The maximum Gasteiger partial charge on any atom is 0.390 e. The van der Waals surface area contributed by atoms with E-state index in [4.69, 9.17) is 14.2 Å². The highest BCUT2D eigenvalue weighted by molar-refractivity contribution is 5.90. The van der Waals surface area contributed by atoms with Gasteiger partial charge in [-0.05, 0) is 31.2 Å². The number of carbonyl (C=O) groups excluding carboxylic acids is 1. The van der Waals surface area contributed by atoms with Crippen LogP contribution < -0.4 is 14.8 Å². The quantitative estimate of drug-likeness (QED) is 0.863. The molecule has 0 aliphatic carbocycles. The van der Waals surface area contributed by atoms with Gasteiger partial charge >= 0.3 is 12.1 Å². The van der Waals surface area contributed by atoms with Crippen molar-refractivity contribution in [3.05, 3.63) is 23.8 Å². The maximum absolute atomic E-state index is 12.4. The Bertz CT molecular complexity index is 591. The number of hydrogen-bond donors (Lipinski definition) is 1. The molecule has 2 aliphatic rings. The minimum atomic E-state index is -4.24. The number of piperidine rings is 1. The van der Waals surface area contributed by atoms with Gasteiger partial charge in [-0.1, -0.05) is 0 Å². The molecule has 0 radical (unpaired) electrons. The van der Waals surface area contributed by atoms with Gasteiger partial charge in [-0.15, -0.1) is 0 Å². The first-order chi connectivity index (χ1) is 10.9. The highest BCUT2D eigenvalue weighted by Crippen LogP contribution is 2.33. The molecule has 2 aliphatic heterocycles.